The average Bonchev–Trinajstić information content (AvgIpc) is 2.86. The van der Waals surface area contributed by atoms with Crippen LogP contribution in [0.2, 0.25) is 0 Å². The molecule has 0 amide bonds. The average molecular weight is 481 g/mol. The molecule has 184 valence electrons. The van der Waals surface area contributed by atoms with Gasteiger partial charge in [0.2, 0.25) is 0 Å². The van der Waals surface area contributed by atoms with Crippen molar-refractivity contribution in [2.75, 3.05) is 6.61 Å². The Labute approximate surface area is 205 Å². The SMILES string of the molecule is CCOc1ccc(/C=C/c2ccc(-c3ccc(C4CCC(C(C)O)CC4)c(F)c3F)cc2)c(F)c1. The first kappa shape index (κ1) is 25.1. The lowest BCUT2D eigenvalue weighted by atomic mass is 9.76. The lowest BCUT2D eigenvalue weighted by Gasteiger charge is -2.30. The fourth-order valence-corrected chi connectivity index (χ4v) is 4.87. The third kappa shape index (κ3) is 5.79. The maximum atomic E-state index is 15.0. The van der Waals surface area contributed by atoms with E-state index in [9.17, 15) is 9.50 Å². The minimum absolute atomic E-state index is 0.0240. The van der Waals surface area contributed by atoms with Crippen molar-refractivity contribution in [3.8, 4) is 16.9 Å². The van der Waals surface area contributed by atoms with Crippen LogP contribution >= 0.6 is 0 Å². The van der Waals surface area contributed by atoms with Crippen LogP contribution in [0.25, 0.3) is 23.3 Å². The van der Waals surface area contributed by atoms with Gasteiger partial charge in [-0.15, -0.1) is 0 Å². The summed E-state index contributed by atoms with van der Waals surface area (Å²) in [7, 11) is 0. The van der Waals surface area contributed by atoms with Crippen molar-refractivity contribution < 1.29 is 23.0 Å². The van der Waals surface area contributed by atoms with E-state index in [-0.39, 0.29) is 29.3 Å². The Bertz CT molecular complexity index is 1180. The van der Waals surface area contributed by atoms with Crippen LogP contribution in [0, 0.1) is 23.4 Å². The Kier molecular flexibility index (Phi) is 7.97. The minimum Gasteiger partial charge on any atom is -0.494 e. The molecule has 1 saturated carbocycles. The van der Waals surface area contributed by atoms with E-state index in [4.69, 9.17) is 4.74 Å². The van der Waals surface area contributed by atoms with Gasteiger partial charge in [-0.2, -0.15) is 0 Å². The molecule has 35 heavy (non-hydrogen) atoms. The van der Waals surface area contributed by atoms with Crippen LogP contribution in [0.4, 0.5) is 13.2 Å². The maximum absolute atomic E-state index is 15.0. The van der Waals surface area contributed by atoms with E-state index >= 15 is 8.78 Å². The number of rotatable bonds is 7. The smallest absolute Gasteiger partial charge is 0.166 e. The monoisotopic (exact) mass is 480 g/mol. The number of aliphatic hydroxyl groups is 1. The molecule has 0 saturated heterocycles. The van der Waals surface area contributed by atoms with Gasteiger partial charge in [-0.05, 0) is 80.2 Å². The molecule has 1 N–H and O–H groups in total. The second-order valence-corrected chi connectivity index (χ2v) is 9.25. The molecule has 0 aromatic heterocycles. The van der Waals surface area contributed by atoms with Gasteiger partial charge in [-0.1, -0.05) is 48.6 Å². The number of halogens is 3. The van der Waals surface area contributed by atoms with Gasteiger partial charge in [0, 0.05) is 17.2 Å². The molecule has 1 aliphatic rings. The number of hydrogen-bond donors (Lipinski definition) is 1. The Hall–Kier alpha value is -3.05. The Balaban J connectivity index is 1.47. The van der Waals surface area contributed by atoms with E-state index in [1.165, 1.54) is 6.07 Å². The van der Waals surface area contributed by atoms with Gasteiger partial charge >= 0.3 is 0 Å². The highest BCUT2D eigenvalue weighted by molar-refractivity contribution is 5.73. The lowest BCUT2D eigenvalue weighted by Crippen LogP contribution is -2.23. The standard InChI is InChI=1S/C30H31F3O2/c1-3-35-25-15-14-24(28(31)18-25)9-6-20-4-7-22(8-5-20)26-16-17-27(30(33)29(26)32)23-12-10-21(11-13-23)19(2)34/h4-9,14-19,21,23,34H,3,10-13H2,1-2H3/b9-6+. The molecule has 1 fully saturated rings. The highest BCUT2D eigenvalue weighted by Gasteiger charge is 2.28. The normalized spacial score (nSPS) is 19.1. The molecule has 0 spiro atoms. The van der Waals surface area contributed by atoms with Crippen molar-refractivity contribution in [3.05, 3.63) is 88.7 Å². The van der Waals surface area contributed by atoms with E-state index in [1.807, 2.05) is 6.92 Å². The van der Waals surface area contributed by atoms with Gasteiger partial charge < -0.3 is 9.84 Å². The van der Waals surface area contributed by atoms with Crippen molar-refractivity contribution in [1.29, 1.82) is 0 Å². The first-order valence-corrected chi connectivity index (χ1v) is 12.2. The van der Waals surface area contributed by atoms with E-state index in [0.717, 1.165) is 31.2 Å². The zero-order valence-electron chi connectivity index (χ0n) is 20.1. The Morgan fingerprint density at radius 3 is 2.26 bits per heavy atom. The van der Waals surface area contributed by atoms with Gasteiger partial charge in [0.25, 0.3) is 0 Å². The molecule has 1 unspecified atom stereocenters. The van der Waals surface area contributed by atoms with Crippen LogP contribution in [0.1, 0.15) is 62.1 Å². The molecule has 3 aromatic rings. The first-order chi connectivity index (χ1) is 16.9. The van der Waals surface area contributed by atoms with Crippen LogP contribution in [0.5, 0.6) is 5.75 Å². The van der Waals surface area contributed by atoms with Crippen LogP contribution in [-0.4, -0.2) is 17.8 Å². The largest absolute Gasteiger partial charge is 0.494 e. The van der Waals surface area contributed by atoms with Crippen molar-refractivity contribution in [3.63, 3.8) is 0 Å². The fourth-order valence-electron chi connectivity index (χ4n) is 4.87. The molecular formula is C30H31F3O2. The van der Waals surface area contributed by atoms with E-state index in [2.05, 4.69) is 0 Å². The number of aliphatic hydroxyl groups excluding tert-OH is 1. The fraction of sp³-hybridized carbons (Fsp3) is 0.333. The molecule has 2 nitrogen and oxygen atoms in total. The maximum Gasteiger partial charge on any atom is 0.166 e. The Morgan fingerprint density at radius 2 is 1.63 bits per heavy atom. The molecule has 3 aromatic carbocycles. The zero-order chi connectivity index (χ0) is 24.9. The first-order valence-electron chi connectivity index (χ1n) is 12.2. The highest BCUT2D eigenvalue weighted by atomic mass is 19.2. The third-order valence-corrected chi connectivity index (χ3v) is 6.97. The number of ether oxygens (including phenoxy) is 1. The topological polar surface area (TPSA) is 29.5 Å². The van der Waals surface area contributed by atoms with Gasteiger partial charge in [0.1, 0.15) is 11.6 Å². The molecule has 0 radical (unpaired) electrons. The van der Waals surface area contributed by atoms with Gasteiger partial charge in [-0.25, -0.2) is 13.2 Å². The zero-order valence-corrected chi connectivity index (χ0v) is 20.1. The van der Waals surface area contributed by atoms with Crippen LogP contribution < -0.4 is 4.74 Å². The van der Waals surface area contributed by atoms with Crippen LogP contribution in [-0.2, 0) is 0 Å². The molecule has 5 heteroatoms. The lowest BCUT2D eigenvalue weighted by molar-refractivity contribution is 0.0964. The molecule has 4 rings (SSSR count). The summed E-state index contributed by atoms with van der Waals surface area (Å²) < 4.78 is 49.6. The summed E-state index contributed by atoms with van der Waals surface area (Å²) in [5.41, 5.74) is 2.47. The quantitative estimate of drug-likeness (QED) is 0.347. The Morgan fingerprint density at radius 1 is 0.914 bits per heavy atom. The van der Waals surface area contributed by atoms with Crippen LogP contribution in [0.3, 0.4) is 0 Å². The van der Waals surface area contributed by atoms with Crippen molar-refractivity contribution in [2.45, 2.75) is 51.6 Å². The number of benzene rings is 3. The van der Waals surface area contributed by atoms with Crippen molar-refractivity contribution in [2.24, 2.45) is 5.92 Å². The van der Waals surface area contributed by atoms with Crippen LogP contribution in [0.15, 0.2) is 54.6 Å². The summed E-state index contributed by atoms with van der Waals surface area (Å²) in [6.45, 7) is 4.10. The summed E-state index contributed by atoms with van der Waals surface area (Å²) in [5.74, 6) is -1.29. The highest BCUT2D eigenvalue weighted by Crippen LogP contribution is 2.39. The molecule has 0 aliphatic heterocycles. The predicted octanol–water partition coefficient (Wildman–Crippen LogP) is 7.99. The summed E-state index contributed by atoms with van der Waals surface area (Å²) in [4.78, 5) is 0. The number of hydrogen-bond acceptors (Lipinski definition) is 2. The summed E-state index contributed by atoms with van der Waals surface area (Å²) in [5, 5.41) is 9.79. The molecule has 0 heterocycles. The second kappa shape index (κ2) is 11.1. The molecule has 1 atom stereocenters. The summed E-state index contributed by atoms with van der Waals surface area (Å²) in [6, 6.07) is 15.1. The van der Waals surface area contributed by atoms with Crippen molar-refractivity contribution in [1.82, 2.24) is 0 Å². The van der Waals surface area contributed by atoms with E-state index < -0.39 is 11.6 Å². The predicted molar refractivity (Wildman–Crippen MR) is 135 cm³/mol. The summed E-state index contributed by atoms with van der Waals surface area (Å²) in [6.07, 6.45) is 6.22. The van der Waals surface area contributed by atoms with Crippen molar-refractivity contribution >= 4 is 12.2 Å². The van der Waals surface area contributed by atoms with Gasteiger partial charge in [0.05, 0.1) is 12.7 Å². The van der Waals surface area contributed by atoms with E-state index in [0.29, 0.717) is 29.0 Å². The third-order valence-electron chi connectivity index (χ3n) is 6.97. The minimum atomic E-state index is -0.833. The van der Waals surface area contributed by atoms with E-state index in [1.54, 1.807) is 67.6 Å². The molecule has 1 aliphatic carbocycles. The van der Waals surface area contributed by atoms with Gasteiger partial charge in [-0.3, -0.25) is 0 Å². The molecular weight excluding hydrogens is 449 g/mol. The molecule has 0 bridgehead atoms. The summed E-state index contributed by atoms with van der Waals surface area (Å²) >= 11 is 0. The second-order valence-electron chi connectivity index (χ2n) is 9.25. The van der Waals surface area contributed by atoms with Gasteiger partial charge in [0.15, 0.2) is 11.6 Å².